The number of nitrogens with zero attached hydrogens (tertiary/aromatic N) is 1. The molecule has 0 unspecified atom stereocenters. The van der Waals surface area contributed by atoms with E-state index < -0.39 is 8.32 Å². The second-order valence-electron chi connectivity index (χ2n) is 7.40. The van der Waals surface area contributed by atoms with E-state index in [0.29, 0.717) is 17.1 Å². The summed E-state index contributed by atoms with van der Waals surface area (Å²) >= 11 is 0. The van der Waals surface area contributed by atoms with Gasteiger partial charge in [-0.05, 0) is 18.1 Å². The van der Waals surface area contributed by atoms with Crippen LogP contribution >= 0.6 is 0 Å². The molecule has 0 aromatic rings. The van der Waals surface area contributed by atoms with E-state index in [9.17, 15) is 0 Å². The first-order chi connectivity index (χ1) is 8.79. The molecular formula is C14H30N2O2Si. The van der Waals surface area contributed by atoms with Gasteiger partial charge in [0.05, 0.1) is 19.8 Å². The maximum Gasteiger partial charge on any atom is 0.192 e. The molecule has 0 amide bonds. The zero-order valence-corrected chi connectivity index (χ0v) is 14.2. The molecule has 1 N–H and O–H groups in total. The summed E-state index contributed by atoms with van der Waals surface area (Å²) in [6.07, 6.45) is 0. The van der Waals surface area contributed by atoms with Gasteiger partial charge in [-0.1, -0.05) is 20.8 Å². The molecule has 0 saturated carbocycles. The lowest BCUT2D eigenvalue weighted by atomic mass is 10.1. The highest BCUT2D eigenvalue weighted by Crippen LogP contribution is 2.36. The molecular weight excluding hydrogens is 256 g/mol. The number of nitrogens with one attached hydrogen (secondary N) is 1. The average molecular weight is 286 g/mol. The lowest BCUT2D eigenvalue weighted by molar-refractivity contribution is -0.0301. The minimum absolute atomic E-state index is 0.295. The van der Waals surface area contributed by atoms with Gasteiger partial charge in [0.15, 0.2) is 8.32 Å². The van der Waals surface area contributed by atoms with Crippen molar-refractivity contribution in [2.45, 2.75) is 51.0 Å². The molecule has 2 rings (SSSR count). The summed E-state index contributed by atoms with van der Waals surface area (Å²) in [6.45, 7) is 17.4. The van der Waals surface area contributed by atoms with Crippen LogP contribution in [-0.4, -0.2) is 64.8 Å². The number of hydrogen-bond donors (Lipinski definition) is 1. The Morgan fingerprint density at radius 3 is 2.79 bits per heavy atom. The number of hydrogen-bond acceptors (Lipinski definition) is 4. The Labute approximate surface area is 119 Å². The van der Waals surface area contributed by atoms with Crippen LogP contribution in [0.2, 0.25) is 18.1 Å². The van der Waals surface area contributed by atoms with E-state index >= 15 is 0 Å². The van der Waals surface area contributed by atoms with Crippen LogP contribution in [0.4, 0.5) is 0 Å². The largest absolute Gasteiger partial charge is 0.415 e. The molecule has 2 aliphatic heterocycles. The predicted molar refractivity (Wildman–Crippen MR) is 81.1 cm³/mol. The van der Waals surface area contributed by atoms with Crippen molar-refractivity contribution in [2.24, 2.45) is 0 Å². The zero-order valence-electron chi connectivity index (χ0n) is 13.2. The van der Waals surface area contributed by atoms with Gasteiger partial charge in [0.25, 0.3) is 0 Å². The molecule has 2 aliphatic rings. The quantitative estimate of drug-likeness (QED) is 0.801. The summed E-state index contributed by atoms with van der Waals surface area (Å²) in [5, 5.41) is 3.91. The van der Waals surface area contributed by atoms with Crippen molar-refractivity contribution in [2.75, 3.05) is 39.5 Å². The lowest BCUT2D eigenvalue weighted by Gasteiger charge is -2.44. The van der Waals surface area contributed by atoms with Crippen LogP contribution in [0, 0.1) is 0 Å². The fraction of sp³-hybridized carbons (Fsp3) is 1.00. The third-order valence-corrected chi connectivity index (χ3v) is 9.40. The fourth-order valence-corrected chi connectivity index (χ4v) is 3.46. The standard InChI is InChI=1S/C14H30N2O2Si/c1-14(2,3)19(4,5)18-10-12-9-16-6-7-17-11-13(16)8-15-12/h12-13,15H,6-11H2,1-5H3/t12-,13-/m1/s1. The number of ether oxygens (including phenoxy) is 1. The van der Waals surface area contributed by atoms with Gasteiger partial charge in [0, 0.05) is 31.7 Å². The summed E-state index contributed by atoms with van der Waals surface area (Å²) < 4.78 is 11.9. The van der Waals surface area contributed by atoms with Crippen LogP contribution in [0.5, 0.6) is 0 Å². The summed E-state index contributed by atoms with van der Waals surface area (Å²) in [4.78, 5) is 2.56. The Kier molecular flexibility index (Phi) is 4.73. The maximum atomic E-state index is 6.33. The topological polar surface area (TPSA) is 33.7 Å². The van der Waals surface area contributed by atoms with Gasteiger partial charge in [0.1, 0.15) is 0 Å². The first-order valence-corrected chi connectivity index (χ1v) is 10.4. The van der Waals surface area contributed by atoms with Crippen molar-refractivity contribution in [3.05, 3.63) is 0 Å². The van der Waals surface area contributed by atoms with E-state index in [-0.39, 0.29) is 0 Å². The van der Waals surface area contributed by atoms with Gasteiger partial charge in [-0.15, -0.1) is 0 Å². The summed E-state index contributed by atoms with van der Waals surface area (Å²) in [7, 11) is -1.62. The second kappa shape index (κ2) is 5.82. The van der Waals surface area contributed by atoms with E-state index in [4.69, 9.17) is 9.16 Å². The Hall–Kier alpha value is 0.0569. The Bertz CT molecular complexity index is 304. The summed E-state index contributed by atoms with van der Waals surface area (Å²) in [5.41, 5.74) is 0. The Morgan fingerprint density at radius 2 is 2.11 bits per heavy atom. The van der Waals surface area contributed by atoms with Crippen LogP contribution in [0.15, 0.2) is 0 Å². The third-order valence-electron chi connectivity index (χ3n) is 4.90. The van der Waals surface area contributed by atoms with Crippen molar-refractivity contribution in [3.8, 4) is 0 Å². The van der Waals surface area contributed by atoms with Crippen molar-refractivity contribution in [3.63, 3.8) is 0 Å². The first-order valence-electron chi connectivity index (χ1n) is 7.49. The van der Waals surface area contributed by atoms with Crippen molar-refractivity contribution >= 4 is 8.32 Å². The van der Waals surface area contributed by atoms with Gasteiger partial charge in [-0.2, -0.15) is 0 Å². The SMILES string of the molecule is CC(C)(C)[Si](C)(C)OC[C@H]1CN2CCOC[C@H]2CN1. The van der Waals surface area contributed by atoms with Gasteiger partial charge in [0.2, 0.25) is 0 Å². The number of rotatable bonds is 3. The Balaban J connectivity index is 1.81. The van der Waals surface area contributed by atoms with E-state index in [0.717, 1.165) is 39.5 Å². The lowest BCUT2D eigenvalue weighted by Crippen LogP contribution is -2.62. The fourth-order valence-electron chi connectivity index (χ4n) is 2.40. The van der Waals surface area contributed by atoms with Crippen LogP contribution in [-0.2, 0) is 9.16 Å². The average Bonchev–Trinajstić information content (AvgIpc) is 2.35. The predicted octanol–water partition coefficient (Wildman–Crippen LogP) is 1.68. The zero-order chi connectivity index (χ0) is 14.1. The molecule has 0 aromatic heterocycles. The maximum absolute atomic E-state index is 6.33. The molecule has 0 aromatic carbocycles. The molecule has 2 fully saturated rings. The summed E-state index contributed by atoms with van der Waals surface area (Å²) in [5.74, 6) is 0. The molecule has 5 heteroatoms. The van der Waals surface area contributed by atoms with E-state index in [1.165, 1.54) is 0 Å². The highest BCUT2D eigenvalue weighted by Gasteiger charge is 2.38. The molecule has 2 atom stereocenters. The third kappa shape index (κ3) is 3.79. The van der Waals surface area contributed by atoms with Crippen molar-refractivity contribution < 1.29 is 9.16 Å². The van der Waals surface area contributed by atoms with E-state index in [2.05, 4.69) is 44.1 Å². The van der Waals surface area contributed by atoms with Crippen LogP contribution in [0.3, 0.4) is 0 Å². The minimum atomic E-state index is -1.62. The molecule has 0 radical (unpaired) electrons. The molecule has 0 spiro atoms. The molecule has 0 aliphatic carbocycles. The smallest absolute Gasteiger partial charge is 0.192 e. The highest BCUT2D eigenvalue weighted by molar-refractivity contribution is 6.74. The molecule has 19 heavy (non-hydrogen) atoms. The highest BCUT2D eigenvalue weighted by atomic mass is 28.4. The number of piperazine rings is 1. The van der Waals surface area contributed by atoms with Crippen molar-refractivity contribution in [1.82, 2.24) is 10.2 Å². The minimum Gasteiger partial charge on any atom is -0.415 e. The van der Waals surface area contributed by atoms with Gasteiger partial charge in [-0.25, -0.2) is 0 Å². The van der Waals surface area contributed by atoms with Crippen LogP contribution < -0.4 is 5.32 Å². The van der Waals surface area contributed by atoms with Crippen LogP contribution in [0.25, 0.3) is 0 Å². The van der Waals surface area contributed by atoms with Crippen molar-refractivity contribution in [1.29, 1.82) is 0 Å². The van der Waals surface area contributed by atoms with E-state index in [1.54, 1.807) is 0 Å². The molecule has 4 nitrogen and oxygen atoms in total. The van der Waals surface area contributed by atoms with E-state index in [1.807, 2.05) is 0 Å². The second-order valence-corrected chi connectivity index (χ2v) is 12.2. The summed E-state index contributed by atoms with van der Waals surface area (Å²) in [6, 6.07) is 1.04. The molecule has 2 heterocycles. The van der Waals surface area contributed by atoms with Gasteiger partial charge >= 0.3 is 0 Å². The van der Waals surface area contributed by atoms with Gasteiger partial charge < -0.3 is 14.5 Å². The van der Waals surface area contributed by atoms with Crippen LogP contribution in [0.1, 0.15) is 20.8 Å². The number of morpholine rings is 1. The molecule has 112 valence electrons. The number of fused-ring (bicyclic) bond motifs is 1. The monoisotopic (exact) mass is 286 g/mol. The first kappa shape index (κ1) is 15.4. The molecule has 2 saturated heterocycles. The Morgan fingerprint density at radius 1 is 1.37 bits per heavy atom. The molecule has 0 bridgehead atoms. The normalized spacial score (nSPS) is 30.2. The van der Waals surface area contributed by atoms with Gasteiger partial charge in [-0.3, -0.25) is 4.90 Å².